The monoisotopic (exact) mass is 86.0 g/mol. The Hall–Kier alpha value is 1.03. The summed E-state index contributed by atoms with van der Waals surface area (Å²) in [6, 6.07) is 0. The van der Waals surface area contributed by atoms with Gasteiger partial charge in [0, 0.05) is 9.39 Å². The Morgan fingerprint density at radius 2 is 1.75 bits per heavy atom. The van der Waals surface area contributed by atoms with Gasteiger partial charge in [-0.15, -0.1) is 0 Å². The van der Waals surface area contributed by atoms with Crippen molar-refractivity contribution >= 4 is 38.9 Å². The summed E-state index contributed by atoms with van der Waals surface area (Å²) in [5, 5.41) is 0. The summed E-state index contributed by atoms with van der Waals surface area (Å²) in [6.45, 7) is 0. The van der Waals surface area contributed by atoms with Crippen molar-refractivity contribution in [2.75, 3.05) is 0 Å². The standard InChI is InChI=1S/H3N2P.Na.H/c1-2-3;;/h1H,3H2;;. The van der Waals surface area contributed by atoms with Crippen LogP contribution in [0.5, 0.6) is 0 Å². The Labute approximate surface area is 49.4 Å². The van der Waals surface area contributed by atoms with Gasteiger partial charge in [0.1, 0.15) is 0 Å². The van der Waals surface area contributed by atoms with Gasteiger partial charge in [0.05, 0.1) is 0 Å². The molecule has 0 spiro atoms. The third-order valence-electron chi connectivity index (χ3n) is 0. The molecule has 0 aromatic heterocycles. The molecule has 20 valence electrons. The molecule has 4 heavy (non-hydrogen) atoms. The molecule has 0 bridgehead atoms. The number of nitrogens with one attached hydrogen (secondary N) is 1. The third-order valence-corrected chi connectivity index (χ3v) is 0. The van der Waals surface area contributed by atoms with E-state index in [0.717, 1.165) is 0 Å². The normalized spacial score (nSPS) is 3.25. The molecule has 0 heterocycles. The summed E-state index contributed by atoms with van der Waals surface area (Å²) < 4.78 is 0. The molecule has 0 aliphatic carbocycles. The number of hydrogen-bond donors (Lipinski definition) is 1. The summed E-state index contributed by atoms with van der Waals surface area (Å²) in [6.07, 6.45) is 0. The van der Waals surface area contributed by atoms with E-state index >= 15 is 0 Å². The van der Waals surface area contributed by atoms with E-state index in [1.807, 2.05) is 9.39 Å². The summed E-state index contributed by atoms with van der Waals surface area (Å²) in [7, 11) is 1.87. The van der Waals surface area contributed by atoms with E-state index in [4.69, 9.17) is 5.53 Å². The van der Waals surface area contributed by atoms with Crippen LogP contribution in [0.4, 0.5) is 0 Å². The van der Waals surface area contributed by atoms with E-state index < -0.39 is 0 Å². The van der Waals surface area contributed by atoms with E-state index in [0.29, 0.717) is 0 Å². The molecule has 0 saturated carbocycles. The molecular formula is H4N2NaP. The van der Waals surface area contributed by atoms with Crippen molar-refractivity contribution in [3.63, 3.8) is 0 Å². The van der Waals surface area contributed by atoms with Crippen molar-refractivity contribution in [3.05, 3.63) is 0 Å². The second kappa shape index (κ2) is 8.98. The zero-order valence-corrected chi connectivity index (χ0v) is 2.68. The van der Waals surface area contributed by atoms with Gasteiger partial charge in [-0.1, -0.05) is 0 Å². The van der Waals surface area contributed by atoms with Gasteiger partial charge in [0.2, 0.25) is 0 Å². The fraction of sp³-hybridized carbons (Fsp3) is 0. The van der Waals surface area contributed by atoms with E-state index in [9.17, 15) is 0 Å². The minimum atomic E-state index is 0. The van der Waals surface area contributed by atoms with Crippen molar-refractivity contribution in [3.8, 4) is 0 Å². The van der Waals surface area contributed by atoms with Crippen LogP contribution in [-0.4, -0.2) is 29.6 Å². The summed E-state index contributed by atoms with van der Waals surface area (Å²) in [4.78, 5) is 2.67. The van der Waals surface area contributed by atoms with Crippen LogP contribution >= 0.6 is 9.39 Å². The molecule has 1 unspecified atom stereocenters. The molecule has 0 rings (SSSR count). The third kappa shape index (κ3) is 11.8. The number of nitrogens with zero attached hydrogens (tertiary/aromatic N) is 1. The van der Waals surface area contributed by atoms with Crippen molar-refractivity contribution in [2.24, 2.45) is 4.88 Å². The van der Waals surface area contributed by atoms with Gasteiger partial charge < -0.3 is 0 Å². The van der Waals surface area contributed by atoms with Crippen LogP contribution < -0.4 is 0 Å². The van der Waals surface area contributed by atoms with Crippen molar-refractivity contribution in [2.45, 2.75) is 0 Å². The van der Waals surface area contributed by atoms with E-state index in [1.54, 1.807) is 0 Å². The van der Waals surface area contributed by atoms with Gasteiger partial charge >= 0.3 is 29.6 Å². The van der Waals surface area contributed by atoms with Gasteiger partial charge in [-0.3, -0.25) is 0 Å². The van der Waals surface area contributed by atoms with Crippen LogP contribution in [0.2, 0.25) is 0 Å². The first-order valence-electron chi connectivity index (χ1n) is 0.482. The van der Waals surface area contributed by atoms with Gasteiger partial charge in [-0.25, -0.2) is 5.53 Å². The van der Waals surface area contributed by atoms with Crippen LogP contribution in [0.3, 0.4) is 0 Å². The van der Waals surface area contributed by atoms with Crippen LogP contribution in [0, 0.1) is 5.53 Å². The van der Waals surface area contributed by atoms with Crippen molar-refractivity contribution in [1.82, 2.24) is 0 Å². The molecular weight excluding hydrogens is 82.0 g/mol. The summed E-state index contributed by atoms with van der Waals surface area (Å²) in [5.41, 5.74) is 5.80. The predicted molar refractivity (Wildman–Crippen MR) is 22.0 cm³/mol. The Morgan fingerprint density at radius 1 is 1.75 bits per heavy atom. The molecule has 0 amide bonds. The van der Waals surface area contributed by atoms with E-state index in [-0.39, 0.29) is 29.6 Å². The summed E-state index contributed by atoms with van der Waals surface area (Å²) >= 11 is 0. The molecule has 0 aromatic rings. The fourth-order valence-corrected chi connectivity index (χ4v) is 0. The number of hydrogen-bond acceptors (Lipinski definition) is 2. The minimum absolute atomic E-state index is 0. The first kappa shape index (κ1) is 8.90. The van der Waals surface area contributed by atoms with E-state index in [1.165, 1.54) is 0 Å². The van der Waals surface area contributed by atoms with Crippen LogP contribution in [-0.2, 0) is 0 Å². The fourth-order valence-electron chi connectivity index (χ4n) is 0. The zero-order chi connectivity index (χ0) is 2.71. The second-order valence-electron chi connectivity index (χ2n) is 0.129. The molecule has 1 N–H and O–H groups in total. The average molecular weight is 86.0 g/mol. The van der Waals surface area contributed by atoms with Crippen molar-refractivity contribution < 1.29 is 0 Å². The Bertz CT molecular complexity index is 13.5. The Balaban J connectivity index is 0. The Morgan fingerprint density at radius 3 is 1.75 bits per heavy atom. The average Bonchev–Trinajstić information content (AvgIpc) is 0.918. The quantitative estimate of drug-likeness (QED) is 0.247. The topological polar surface area (TPSA) is 36.2 Å². The van der Waals surface area contributed by atoms with Crippen LogP contribution in [0.25, 0.3) is 0 Å². The second-order valence-corrected chi connectivity index (χ2v) is 0.387. The first-order valence-corrected chi connectivity index (χ1v) is 0.998. The van der Waals surface area contributed by atoms with Gasteiger partial charge in [-0.05, 0) is 0 Å². The molecule has 0 aliphatic rings. The molecule has 4 heteroatoms. The molecule has 2 nitrogen and oxygen atoms in total. The molecule has 0 aromatic carbocycles. The van der Waals surface area contributed by atoms with Crippen molar-refractivity contribution in [1.29, 1.82) is 5.53 Å². The number of rotatable bonds is 0. The van der Waals surface area contributed by atoms with Crippen LogP contribution in [0.15, 0.2) is 4.88 Å². The first-order chi connectivity index (χ1) is 1.41. The molecule has 0 fully saturated rings. The predicted octanol–water partition coefficient (Wildman–Crippen LogP) is 0.159. The summed E-state index contributed by atoms with van der Waals surface area (Å²) in [5.74, 6) is 0. The van der Waals surface area contributed by atoms with E-state index in [2.05, 4.69) is 4.88 Å². The maximum atomic E-state index is 5.80. The SMILES string of the molecule is N=NP.[NaH]. The zero-order valence-electron chi connectivity index (χ0n) is 1.52. The maximum absolute atomic E-state index is 5.80. The van der Waals surface area contributed by atoms with Gasteiger partial charge in [0.15, 0.2) is 0 Å². The molecule has 0 aliphatic heterocycles. The van der Waals surface area contributed by atoms with Crippen LogP contribution in [0.1, 0.15) is 0 Å². The van der Waals surface area contributed by atoms with Gasteiger partial charge in [-0.2, -0.15) is 4.88 Å². The molecule has 0 radical (unpaired) electrons. The molecule has 0 saturated heterocycles. The van der Waals surface area contributed by atoms with Gasteiger partial charge in [0.25, 0.3) is 0 Å². The Kier molecular flexibility index (Phi) is 20.0. The molecule has 1 atom stereocenters.